The van der Waals surface area contributed by atoms with Crippen LogP contribution in [0.25, 0.3) is 0 Å². The number of para-hydroxylation sites is 1. The number of ether oxygens (including phenoxy) is 2. The number of rotatable bonds is 6. The molecule has 0 saturated carbocycles. The van der Waals surface area contributed by atoms with Crippen LogP contribution in [0.4, 0.5) is 11.5 Å². The molecule has 2 aromatic rings. The van der Waals surface area contributed by atoms with Crippen LogP contribution in [0, 0.1) is 0 Å². The van der Waals surface area contributed by atoms with Crippen molar-refractivity contribution in [3.8, 4) is 11.8 Å². The minimum Gasteiger partial charge on any atom is -0.484 e. The lowest BCUT2D eigenvalue weighted by atomic mass is 10.3. The maximum absolute atomic E-state index is 12.0. The highest BCUT2D eigenvalue weighted by Crippen LogP contribution is 2.22. The van der Waals surface area contributed by atoms with Gasteiger partial charge in [0.1, 0.15) is 11.4 Å². The van der Waals surface area contributed by atoms with Gasteiger partial charge in [-0.15, -0.1) is 0 Å². The van der Waals surface area contributed by atoms with Crippen LogP contribution in [-0.4, -0.2) is 43.7 Å². The summed E-state index contributed by atoms with van der Waals surface area (Å²) in [6, 6.07) is 9.38. The van der Waals surface area contributed by atoms with Gasteiger partial charge in [0, 0.05) is 14.1 Å². The van der Waals surface area contributed by atoms with Crippen LogP contribution >= 0.6 is 0 Å². The Balaban J connectivity index is 2.02. The lowest BCUT2D eigenvalue weighted by Gasteiger charge is -2.16. The highest BCUT2D eigenvalue weighted by molar-refractivity contribution is 5.94. The van der Waals surface area contributed by atoms with E-state index < -0.39 is 0 Å². The number of nitrogens with zero attached hydrogens (tertiary/aromatic N) is 3. The summed E-state index contributed by atoms with van der Waals surface area (Å²) in [4.78, 5) is 21.9. The second-order valence-electron chi connectivity index (χ2n) is 4.64. The van der Waals surface area contributed by atoms with E-state index in [1.165, 1.54) is 13.3 Å². The molecule has 1 amide bonds. The van der Waals surface area contributed by atoms with Gasteiger partial charge in [0.2, 0.25) is 0 Å². The summed E-state index contributed by atoms with van der Waals surface area (Å²) >= 11 is 0. The molecule has 1 aromatic carbocycles. The molecule has 1 heterocycles. The summed E-state index contributed by atoms with van der Waals surface area (Å²) in [6.07, 6.45) is 1.50. The molecule has 0 aliphatic rings. The molecule has 0 aliphatic carbocycles. The summed E-state index contributed by atoms with van der Waals surface area (Å²) in [5.74, 6) is 0.900. The van der Waals surface area contributed by atoms with Crippen molar-refractivity contribution in [3.63, 3.8) is 0 Å². The minimum absolute atomic E-state index is 0.0943. The zero-order valence-corrected chi connectivity index (χ0v) is 12.7. The van der Waals surface area contributed by atoms with E-state index in [1.54, 1.807) is 17.0 Å². The van der Waals surface area contributed by atoms with E-state index in [-0.39, 0.29) is 18.5 Å². The lowest BCUT2D eigenvalue weighted by Crippen LogP contribution is -2.23. The molecule has 0 spiro atoms. The van der Waals surface area contributed by atoms with Crippen molar-refractivity contribution >= 4 is 17.4 Å². The molecule has 0 unspecified atom stereocenters. The normalized spacial score (nSPS) is 9.95. The molecule has 1 aromatic heterocycles. The number of amides is 1. The van der Waals surface area contributed by atoms with Gasteiger partial charge in [-0.25, -0.2) is 4.98 Å². The molecule has 7 nitrogen and oxygen atoms in total. The van der Waals surface area contributed by atoms with Gasteiger partial charge in [-0.2, -0.15) is 4.98 Å². The van der Waals surface area contributed by atoms with Crippen LogP contribution in [-0.2, 0) is 4.79 Å². The molecule has 0 radical (unpaired) electrons. The van der Waals surface area contributed by atoms with E-state index in [0.717, 1.165) is 0 Å². The van der Waals surface area contributed by atoms with Gasteiger partial charge in [0.15, 0.2) is 12.4 Å². The summed E-state index contributed by atoms with van der Waals surface area (Å²) in [6.45, 7) is -0.0943. The molecule has 22 heavy (non-hydrogen) atoms. The van der Waals surface area contributed by atoms with E-state index in [2.05, 4.69) is 15.3 Å². The van der Waals surface area contributed by atoms with E-state index in [1.807, 2.05) is 32.3 Å². The molecule has 116 valence electrons. The lowest BCUT2D eigenvalue weighted by molar-refractivity contribution is -0.118. The van der Waals surface area contributed by atoms with Crippen LogP contribution in [0.2, 0.25) is 0 Å². The molecule has 0 saturated heterocycles. The SMILES string of the molecule is COc1ncc(NC(=O)COc2ccccc2)c(N(C)C)n1. The quantitative estimate of drug-likeness (QED) is 0.873. The van der Waals surface area contributed by atoms with Crippen LogP contribution in [0.15, 0.2) is 36.5 Å². The maximum atomic E-state index is 12.0. The third-order valence-corrected chi connectivity index (χ3v) is 2.74. The fourth-order valence-corrected chi connectivity index (χ4v) is 1.74. The first kappa shape index (κ1) is 15.6. The first-order valence-corrected chi connectivity index (χ1v) is 6.66. The van der Waals surface area contributed by atoms with Crippen LogP contribution in [0.1, 0.15) is 0 Å². The fraction of sp³-hybridized carbons (Fsp3) is 0.267. The largest absolute Gasteiger partial charge is 0.484 e. The highest BCUT2D eigenvalue weighted by Gasteiger charge is 2.13. The monoisotopic (exact) mass is 302 g/mol. The Labute approximate surface area is 128 Å². The average molecular weight is 302 g/mol. The van der Waals surface area contributed by atoms with E-state index in [4.69, 9.17) is 9.47 Å². The van der Waals surface area contributed by atoms with Gasteiger partial charge >= 0.3 is 6.01 Å². The molecular weight excluding hydrogens is 284 g/mol. The predicted octanol–water partition coefficient (Wildman–Crippen LogP) is 1.57. The van der Waals surface area contributed by atoms with Crippen molar-refractivity contribution in [1.29, 1.82) is 0 Å². The average Bonchev–Trinajstić information content (AvgIpc) is 2.54. The summed E-state index contributed by atoms with van der Waals surface area (Å²) in [5, 5.41) is 2.73. The van der Waals surface area contributed by atoms with Gasteiger partial charge in [0.25, 0.3) is 5.91 Å². The van der Waals surface area contributed by atoms with Gasteiger partial charge in [-0.3, -0.25) is 4.79 Å². The van der Waals surface area contributed by atoms with Crippen molar-refractivity contribution in [2.75, 3.05) is 38.0 Å². The molecule has 0 bridgehead atoms. The first-order chi connectivity index (χ1) is 10.6. The fourth-order valence-electron chi connectivity index (χ4n) is 1.74. The van der Waals surface area contributed by atoms with Crippen molar-refractivity contribution in [3.05, 3.63) is 36.5 Å². The van der Waals surface area contributed by atoms with Crippen molar-refractivity contribution in [2.24, 2.45) is 0 Å². The molecule has 0 fully saturated rings. The van der Waals surface area contributed by atoms with E-state index >= 15 is 0 Å². The molecule has 1 N–H and O–H groups in total. The smallest absolute Gasteiger partial charge is 0.318 e. The number of aromatic nitrogens is 2. The highest BCUT2D eigenvalue weighted by atomic mass is 16.5. The third kappa shape index (κ3) is 4.08. The molecule has 7 heteroatoms. The minimum atomic E-state index is -0.291. The number of hydrogen-bond acceptors (Lipinski definition) is 6. The van der Waals surface area contributed by atoms with Crippen LogP contribution in [0.3, 0.4) is 0 Å². The number of nitrogens with one attached hydrogen (secondary N) is 1. The number of benzene rings is 1. The maximum Gasteiger partial charge on any atom is 0.318 e. The Bertz CT molecular complexity index is 632. The van der Waals surface area contributed by atoms with E-state index in [0.29, 0.717) is 17.3 Å². The van der Waals surface area contributed by atoms with Crippen molar-refractivity contribution in [1.82, 2.24) is 9.97 Å². The number of carbonyl (C=O) groups excluding carboxylic acids is 1. The van der Waals surface area contributed by atoms with Crippen LogP contribution < -0.4 is 19.7 Å². The Morgan fingerprint density at radius 3 is 2.64 bits per heavy atom. The van der Waals surface area contributed by atoms with E-state index in [9.17, 15) is 4.79 Å². The topological polar surface area (TPSA) is 76.6 Å². The standard InChI is InChI=1S/C15H18N4O3/c1-19(2)14-12(9-16-15(18-14)21-3)17-13(20)10-22-11-7-5-4-6-8-11/h4-9H,10H2,1-3H3,(H,17,20). The Morgan fingerprint density at radius 2 is 2.00 bits per heavy atom. The van der Waals surface area contributed by atoms with Gasteiger partial charge < -0.3 is 19.7 Å². The third-order valence-electron chi connectivity index (χ3n) is 2.74. The Hall–Kier alpha value is -2.83. The zero-order valence-electron chi connectivity index (χ0n) is 12.7. The molecular formula is C15H18N4O3. The number of anilines is 2. The zero-order chi connectivity index (χ0) is 15.9. The summed E-state index contributed by atoms with van der Waals surface area (Å²) in [7, 11) is 5.12. The molecule has 2 rings (SSSR count). The molecule has 0 atom stereocenters. The van der Waals surface area contributed by atoms with Gasteiger partial charge in [0.05, 0.1) is 13.3 Å². The van der Waals surface area contributed by atoms with Crippen molar-refractivity contribution in [2.45, 2.75) is 0 Å². The summed E-state index contributed by atoms with van der Waals surface area (Å²) < 4.78 is 10.4. The molecule has 0 aliphatic heterocycles. The van der Waals surface area contributed by atoms with Gasteiger partial charge in [-0.1, -0.05) is 18.2 Å². The second kappa shape index (κ2) is 7.26. The predicted molar refractivity (Wildman–Crippen MR) is 83.5 cm³/mol. The number of hydrogen-bond donors (Lipinski definition) is 1. The Morgan fingerprint density at radius 1 is 1.27 bits per heavy atom. The Kier molecular flexibility index (Phi) is 5.13. The second-order valence-corrected chi connectivity index (χ2v) is 4.64. The first-order valence-electron chi connectivity index (χ1n) is 6.66. The van der Waals surface area contributed by atoms with Crippen molar-refractivity contribution < 1.29 is 14.3 Å². The van der Waals surface area contributed by atoms with Gasteiger partial charge in [-0.05, 0) is 12.1 Å². The summed E-state index contributed by atoms with van der Waals surface area (Å²) in [5.41, 5.74) is 0.493. The number of carbonyl (C=O) groups is 1. The van der Waals surface area contributed by atoms with Crippen LogP contribution in [0.5, 0.6) is 11.8 Å². The number of methoxy groups -OCH3 is 1.